The van der Waals surface area contributed by atoms with Gasteiger partial charge in [-0.3, -0.25) is 4.68 Å². The third-order valence-corrected chi connectivity index (χ3v) is 4.83. The van der Waals surface area contributed by atoms with Crippen LogP contribution in [-0.2, 0) is 4.74 Å². The Bertz CT molecular complexity index is 855. The van der Waals surface area contributed by atoms with Gasteiger partial charge < -0.3 is 20.7 Å². The van der Waals surface area contributed by atoms with E-state index in [1.54, 1.807) is 6.20 Å². The number of nitrogens with zero attached hydrogens (tertiary/aromatic N) is 4. The molecule has 29 heavy (non-hydrogen) atoms. The zero-order valence-corrected chi connectivity index (χ0v) is 18.0. The van der Waals surface area contributed by atoms with Gasteiger partial charge in [-0.2, -0.15) is 5.10 Å². The summed E-state index contributed by atoms with van der Waals surface area (Å²) in [5.41, 5.74) is 8.49. The first kappa shape index (κ1) is 21.0. The van der Waals surface area contributed by atoms with Gasteiger partial charge in [0.1, 0.15) is 11.4 Å². The number of nitrogen functional groups attached to an aromatic ring is 1. The van der Waals surface area contributed by atoms with E-state index in [1.165, 1.54) is 0 Å². The molecule has 0 radical (unpaired) electrons. The van der Waals surface area contributed by atoms with Gasteiger partial charge in [0.25, 0.3) is 0 Å². The highest BCUT2D eigenvalue weighted by Gasteiger charge is 2.26. The fourth-order valence-electron chi connectivity index (χ4n) is 3.49. The summed E-state index contributed by atoms with van der Waals surface area (Å²) in [5.74, 6) is 0.474. The number of hydrogen-bond acceptors (Lipinski definition) is 6. The van der Waals surface area contributed by atoms with Gasteiger partial charge in [-0.25, -0.2) is 9.78 Å². The number of hydrogen-bond donors (Lipinski definition) is 2. The van der Waals surface area contributed by atoms with Crippen molar-refractivity contribution in [3.63, 3.8) is 0 Å². The summed E-state index contributed by atoms with van der Waals surface area (Å²) in [7, 11) is 0. The summed E-state index contributed by atoms with van der Waals surface area (Å²) in [6, 6.07) is 2.20. The second-order valence-corrected chi connectivity index (χ2v) is 8.86. The van der Waals surface area contributed by atoms with Crippen LogP contribution in [0.4, 0.5) is 16.3 Å². The number of piperidine rings is 1. The van der Waals surface area contributed by atoms with Crippen LogP contribution >= 0.6 is 0 Å². The van der Waals surface area contributed by atoms with Crippen molar-refractivity contribution in [3.8, 4) is 11.1 Å². The van der Waals surface area contributed by atoms with E-state index in [1.807, 2.05) is 43.9 Å². The molecule has 158 valence electrons. The number of carbonyl (C=O) groups is 1. The molecule has 3 N–H and O–H groups in total. The van der Waals surface area contributed by atoms with E-state index in [0.717, 1.165) is 36.2 Å². The Morgan fingerprint density at radius 1 is 1.34 bits per heavy atom. The van der Waals surface area contributed by atoms with Gasteiger partial charge in [-0.15, -0.1) is 0 Å². The zero-order chi connectivity index (χ0) is 21.2. The van der Waals surface area contributed by atoms with Crippen LogP contribution in [0.5, 0.6) is 0 Å². The van der Waals surface area contributed by atoms with Gasteiger partial charge in [0, 0.05) is 60.4 Å². The van der Waals surface area contributed by atoms with Gasteiger partial charge in [-0.1, -0.05) is 0 Å². The van der Waals surface area contributed by atoms with Crippen LogP contribution < -0.4 is 16.0 Å². The van der Waals surface area contributed by atoms with E-state index in [9.17, 15) is 4.79 Å². The number of amides is 1. The van der Waals surface area contributed by atoms with Crippen LogP contribution in [0.1, 0.15) is 53.5 Å². The van der Waals surface area contributed by atoms with Crippen molar-refractivity contribution in [1.82, 2.24) is 20.1 Å². The number of pyridine rings is 1. The maximum Gasteiger partial charge on any atom is 0.407 e. The Morgan fingerprint density at radius 2 is 2.10 bits per heavy atom. The molecule has 8 heteroatoms. The predicted molar refractivity (Wildman–Crippen MR) is 115 cm³/mol. The quantitative estimate of drug-likeness (QED) is 0.814. The molecule has 0 aliphatic carbocycles. The lowest BCUT2D eigenvalue weighted by atomic mass is 10.0. The summed E-state index contributed by atoms with van der Waals surface area (Å²) in [5, 5.41) is 7.46. The highest BCUT2D eigenvalue weighted by Crippen LogP contribution is 2.33. The first-order chi connectivity index (χ1) is 13.6. The Labute approximate surface area is 172 Å². The van der Waals surface area contributed by atoms with Crippen molar-refractivity contribution in [2.45, 2.75) is 65.1 Å². The summed E-state index contributed by atoms with van der Waals surface area (Å²) < 4.78 is 7.34. The Kier molecular flexibility index (Phi) is 6.00. The Hall–Kier alpha value is -2.77. The maximum atomic E-state index is 12.2. The van der Waals surface area contributed by atoms with Gasteiger partial charge in [0.2, 0.25) is 0 Å². The minimum absolute atomic E-state index is 0.0132. The van der Waals surface area contributed by atoms with Crippen molar-refractivity contribution >= 4 is 17.6 Å². The number of alkyl carbamates (subject to hydrolysis) is 1. The van der Waals surface area contributed by atoms with E-state index < -0.39 is 5.60 Å². The smallest absolute Gasteiger partial charge is 0.407 e. The number of nitrogens with two attached hydrogens (primary N) is 1. The normalized spacial score (nSPS) is 17.4. The van der Waals surface area contributed by atoms with Crippen LogP contribution in [0.25, 0.3) is 11.1 Å². The summed E-state index contributed by atoms with van der Waals surface area (Å²) >= 11 is 0. The first-order valence-corrected chi connectivity index (χ1v) is 10.2. The Morgan fingerprint density at radius 3 is 2.76 bits per heavy atom. The zero-order valence-electron chi connectivity index (χ0n) is 18.0. The lowest BCUT2D eigenvalue weighted by molar-refractivity contribution is 0.0500. The van der Waals surface area contributed by atoms with Gasteiger partial charge >= 0.3 is 6.09 Å². The summed E-state index contributed by atoms with van der Waals surface area (Å²) in [4.78, 5) is 18.7. The number of rotatable bonds is 4. The molecule has 1 atom stereocenters. The van der Waals surface area contributed by atoms with Crippen molar-refractivity contribution in [2.24, 2.45) is 0 Å². The molecule has 0 aromatic carbocycles. The molecule has 2 aromatic heterocycles. The van der Waals surface area contributed by atoms with Gasteiger partial charge in [-0.05, 0) is 47.5 Å². The number of anilines is 2. The number of nitrogens with one attached hydrogen (secondary N) is 1. The van der Waals surface area contributed by atoms with Crippen molar-refractivity contribution in [2.75, 3.05) is 23.7 Å². The number of carbonyl (C=O) groups excluding carboxylic acids is 1. The van der Waals surface area contributed by atoms with Crippen molar-refractivity contribution < 1.29 is 9.53 Å². The van der Waals surface area contributed by atoms with Crippen LogP contribution in [0.15, 0.2) is 24.7 Å². The molecule has 0 unspecified atom stereocenters. The molecule has 3 heterocycles. The summed E-state index contributed by atoms with van der Waals surface area (Å²) in [6.07, 6.45) is 7.19. The lowest BCUT2D eigenvalue weighted by Gasteiger charge is -2.36. The lowest BCUT2D eigenvalue weighted by Crippen LogP contribution is -2.49. The van der Waals surface area contributed by atoms with E-state index in [0.29, 0.717) is 12.4 Å². The molecule has 0 bridgehead atoms. The summed E-state index contributed by atoms with van der Waals surface area (Å²) in [6.45, 7) is 11.4. The molecule has 1 fully saturated rings. The van der Waals surface area contributed by atoms with Crippen LogP contribution in [0, 0.1) is 0 Å². The molecule has 1 saturated heterocycles. The third kappa shape index (κ3) is 5.40. The minimum atomic E-state index is -0.512. The first-order valence-electron chi connectivity index (χ1n) is 10.2. The largest absolute Gasteiger partial charge is 0.444 e. The molecular formula is C21H32N6O2. The number of aromatic nitrogens is 3. The van der Waals surface area contributed by atoms with Crippen LogP contribution in [-0.4, -0.2) is 45.6 Å². The monoisotopic (exact) mass is 400 g/mol. The topological polar surface area (TPSA) is 98.3 Å². The number of ether oxygens (including phenoxy) is 1. The van der Waals surface area contributed by atoms with Gasteiger partial charge in [0.15, 0.2) is 0 Å². The highest BCUT2D eigenvalue weighted by molar-refractivity contribution is 5.79. The second kappa shape index (κ2) is 8.31. The SMILES string of the molecule is CC(C)n1cc(-c2cnc(N)cc2N2CCC[C@H](NC(=O)OC(C)(C)C)C2)cn1. The van der Waals surface area contributed by atoms with E-state index in [-0.39, 0.29) is 18.2 Å². The second-order valence-electron chi connectivity index (χ2n) is 8.86. The Balaban J connectivity index is 1.80. The molecule has 1 aliphatic rings. The average molecular weight is 401 g/mol. The predicted octanol–water partition coefficient (Wildman–Crippen LogP) is 3.60. The van der Waals surface area contributed by atoms with Crippen molar-refractivity contribution in [3.05, 3.63) is 24.7 Å². The molecule has 8 nitrogen and oxygen atoms in total. The molecule has 2 aromatic rings. The van der Waals surface area contributed by atoms with Crippen LogP contribution in [0.3, 0.4) is 0 Å². The van der Waals surface area contributed by atoms with Crippen molar-refractivity contribution in [1.29, 1.82) is 0 Å². The van der Waals surface area contributed by atoms with Gasteiger partial charge in [0.05, 0.1) is 6.20 Å². The maximum absolute atomic E-state index is 12.2. The van der Waals surface area contributed by atoms with E-state index in [2.05, 4.69) is 34.1 Å². The molecule has 1 aliphatic heterocycles. The fourth-order valence-corrected chi connectivity index (χ4v) is 3.49. The molecular weight excluding hydrogens is 368 g/mol. The fraction of sp³-hybridized carbons (Fsp3) is 0.571. The highest BCUT2D eigenvalue weighted by atomic mass is 16.6. The third-order valence-electron chi connectivity index (χ3n) is 4.83. The minimum Gasteiger partial charge on any atom is -0.444 e. The van der Waals surface area contributed by atoms with Crippen LogP contribution in [0.2, 0.25) is 0 Å². The molecule has 0 saturated carbocycles. The average Bonchev–Trinajstić information content (AvgIpc) is 3.10. The standard InChI is InChI=1S/C21H32N6O2/c1-14(2)27-12-15(10-24-27)17-11-23-19(22)9-18(17)26-8-6-7-16(13-26)25-20(28)29-21(3,4)5/h9-12,14,16H,6-8,13H2,1-5H3,(H2,22,23)(H,25,28)/t16-/m0/s1. The molecule has 3 rings (SSSR count). The van der Waals surface area contributed by atoms with E-state index in [4.69, 9.17) is 10.5 Å². The van der Waals surface area contributed by atoms with E-state index >= 15 is 0 Å². The molecule has 1 amide bonds. The molecule has 0 spiro atoms.